The number of amides is 1. The molecule has 2 N–H and O–H groups in total. The maximum absolute atomic E-state index is 11.6. The Hall–Kier alpha value is -2.37. The van der Waals surface area contributed by atoms with Crippen LogP contribution in [0.3, 0.4) is 0 Å². The molecular weight excluding hydrogens is 280 g/mol. The molecule has 0 spiro atoms. The van der Waals surface area contributed by atoms with E-state index in [-0.39, 0.29) is 11.8 Å². The zero-order valence-corrected chi connectivity index (χ0v) is 12.4. The molecule has 1 amide bonds. The monoisotopic (exact) mass is 300 g/mol. The van der Waals surface area contributed by atoms with Crippen molar-refractivity contribution in [2.24, 2.45) is 5.92 Å². The minimum absolute atomic E-state index is 0.192. The normalized spacial score (nSPS) is 14.4. The van der Waals surface area contributed by atoms with Crippen LogP contribution in [0.5, 0.6) is 0 Å². The van der Waals surface area contributed by atoms with Gasteiger partial charge in [0.2, 0.25) is 5.91 Å². The highest BCUT2D eigenvalue weighted by Gasteiger charge is 2.24. The predicted octanol–water partition coefficient (Wildman–Crippen LogP) is 2.45. The van der Waals surface area contributed by atoms with E-state index in [1.54, 1.807) is 0 Å². The quantitative estimate of drug-likeness (QED) is 0.768. The topological polar surface area (TPSA) is 80.0 Å². The summed E-state index contributed by atoms with van der Waals surface area (Å²) >= 11 is 0. The zero-order valence-electron chi connectivity index (χ0n) is 12.4. The number of aromatic nitrogens is 2. The lowest BCUT2D eigenvalue weighted by atomic mass is 9.85. The molecule has 1 aromatic carbocycles. The Kier molecular flexibility index (Phi) is 4.68. The molecule has 1 saturated carbocycles. The van der Waals surface area contributed by atoms with E-state index in [0.29, 0.717) is 24.9 Å². The number of carbonyl (C=O) groups is 1. The maximum Gasteiger partial charge on any atom is 0.263 e. The Bertz CT molecular complexity index is 608. The molecular formula is C16H20N4O2. The van der Waals surface area contributed by atoms with Crippen molar-refractivity contribution in [3.8, 4) is 11.5 Å². The van der Waals surface area contributed by atoms with Gasteiger partial charge >= 0.3 is 0 Å². The fourth-order valence-corrected chi connectivity index (χ4v) is 2.31. The van der Waals surface area contributed by atoms with Crippen molar-refractivity contribution < 1.29 is 9.32 Å². The molecule has 1 fully saturated rings. The molecule has 1 aliphatic carbocycles. The minimum Gasteiger partial charge on any atom is -0.356 e. The summed E-state index contributed by atoms with van der Waals surface area (Å²) in [6.07, 6.45) is 4.08. The average Bonchev–Trinajstić information content (AvgIpc) is 2.95. The summed E-state index contributed by atoms with van der Waals surface area (Å²) in [7, 11) is 0. The zero-order chi connectivity index (χ0) is 15.2. The van der Waals surface area contributed by atoms with Crippen LogP contribution in [-0.2, 0) is 4.79 Å². The van der Waals surface area contributed by atoms with Crippen molar-refractivity contribution in [1.29, 1.82) is 0 Å². The molecule has 0 radical (unpaired) electrons. The Labute approximate surface area is 129 Å². The van der Waals surface area contributed by atoms with E-state index in [9.17, 15) is 4.79 Å². The third-order valence-corrected chi connectivity index (χ3v) is 3.86. The number of nitrogens with zero attached hydrogens (tertiary/aromatic N) is 2. The summed E-state index contributed by atoms with van der Waals surface area (Å²) in [5.74, 6) is 1.42. The van der Waals surface area contributed by atoms with E-state index in [2.05, 4.69) is 20.8 Å². The molecule has 0 bridgehead atoms. The standard InChI is InChI=1S/C16H20N4O2/c21-14(12-8-4-9-12)17-10-5-11-18-16-19-15(22-20-16)13-6-2-1-3-7-13/h1-3,6-7,12H,4-5,8-11H2,(H,17,21)(H,18,20). The van der Waals surface area contributed by atoms with Gasteiger partial charge in [-0.3, -0.25) is 4.79 Å². The number of nitrogens with one attached hydrogen (secondary N) is 2. The smallest absolute Gasteiger partial charge is 0.263 e. The number of carbonyl (C=O) groups excluding carboxylic acids is 1. The third kappa shape index (κ3) is 3.63. The van der Waals surface area contributed by atoms with Crippen LogP contribution in [-0.4, -0.2) is 29.1 Å². The van der Waals surface area contributed by atoms with Crippen LogP contribution in [0, 0.1) is 5.92 Å². The van der Waals surface area contributed by atoms with Gasteiger partial charge in [-0.25, -0.2) is 0 Å². The van der Waals surface area contributed by atoms with Gasteiger partial charge in [-0.1, -0.05) is 24.6 Å². The first-order valence-electron chi connectivity index (χ1n) is 7.73. The van der Waals surface area contributed by atoms with E-state index in [1.807, 2.05) is 30.3 Å². The first kappa shape index (κ1) is 14.6. The Morgan fingerprint density at radius 2 is 2.05 bits per heavy atom. The molecule has 0 unspecified atom stereocenters. The second-order valence-electron chi connectivity index (χ2n) is 5.49. The van der Waals surface area contributed by atoms with Crippen LogP contribution in [0.4, 0.5) is 5.95 Å². The van der Waals surface area contributed by atoms with E-state index in [4.69, 9.17) is 4.52 Å². The van der Waals surface area contributed by atoms with Gasteiger partial charge in [0.05, 0.1) is 0 Å². The Balaban J connectivity index is 1.37. The van der Waals surface area contributed by atoms with Gasteiger partial charge in [0.25, 0.3) is 11.8 Å². The maximum atomic E-state index is 11.6. The highest BCUT2D eigenvalue weighted by Crippen LogP contribution is 2.26. The highest BCUT2D eigenvalue weighted by molar-refractivity contribution is 5.79. The fraction of sp³-hybridized carbons (Fsp3) is 0.438. The molecule has 6 heteroatoms. The van der Waals surface area contributed by atoms with Crippen LogP contribution in [0.15, 0.2) is 34.9 Å². The summed E-state index contributed by atoms with van der Waals surface area (Å²) in [4.78, 5) is 15.9. The lowest BCUT2D eigenvalue weighted by Crippen LogP contribution is -2.35. The number of anilines is 1. The van der Waals surface area contributed by atoms with Crippen LogP contribution < -0.4 is 10.6 Å². The molecule has 1 aromatic heterocycles. The SMILES string of the molecule is O=C(NCCCNc1noc(-c2ccccc2)n1)C1CCC1. The molecule has 0 saturated heterocycles. The molecule has 1 aliphatic rings. The summed E-state index contributed by atoms with van der Waals surface area (Å²) in [5.41, 5.74) is 0.899. The second-order valence-corrected chi connectivity index (χ2v) is 5.49. The van der Waals surface area contributed by atoms with Gasteiger partial charge in [0.1, 0.15) is 0 Å². The van der Waals surface area contributed by atoms with Gasteiger partial charge in [-0.15, -0.1) is 0 Å². The summed E-state index contributed by atoms with van der Waals surface area (Å²) < 4.78 is 5.21. The van der Waals surface area contributed by atoms with Crippen molar-refractivity contribution in [3.05, 3.63) is 30.3 Å². The lowest BCUT2D eigenvalue weighted by molar-refractivity contribution is -0.127. The number of hydrogen-bond donors (Lipinski definition) is 2. The minimum atomic E-state index is 0.192. The van der Waals surface area contributed by atoms with E-state index in [0.717, 1.165) is 24.8 Å². The Morgan fingerprint density at radius 1 is 1.23 bits per heavy atom. The molecule has 116 valence electrons. The predicted molar refractivity (Wildman–Crippen MR) is 83.2 cm³/mol. The van der Waals surface area contributed by atoms with Gasteiger partial charge in [-0.05, 0) is 36.6 Å². The molecule has 22 heavy (non-hydrogen) atoms. The molecule has 1 heterocycles. The Morgan fingerprint density at radius 3 is 2.77 bits per heavy atom. The van der Waals surface area contributed by atoms with E-state index >= 15 is 0 Å². The molecule has 3 rings (SSSR count). The highest BCUT2D eigenvalue weighted by atomic mass is 16.5. The molecule has 6 nitrogen and oxygen atoms in total. The summed E-state index contributed by atoms with van der Waals surface area (Å²) in [6, 6.07) is 9.65. The van der Waals surface area contributed by atoms with Crippen molar-refractivity contribution in [2.45, 2.75) is 25.7 Å². The molecule has 0 aliphatic heterocycles. The first-order valence-corrected chi connectivity index (χ1v) is 7.73. The van der Waals surface area contributed by atoms with Crippen LogP contribution in [0.2, 0.25) is 0 Å². The van der Waals surface area contributed by atoms with Gasteiger partial charge in [0, 0.05) is 24.6 Å². The van der Waals surface area contributed by atoms with Crippen LogP contribution in [0.1, 0.15) is 25.7 Å². The largest absolute Gasteiger partial charge is 0.356 e. The van der Waals surface area contributed by atoms with Crippen LogP contribution >= 0.6 is 0 Å². The van der Waals surface area contributed by atoms with Gasteiger partial charge in [-0.2, -0.15) is 4.98 Å². The van der Waals surface area contributed by atoms with Gasteiger partial charge in [0.15, 0.2) is 0 Å². The van der Waals surface area contributed by atoms with Crippen LogP contribution in [0.25, 0.3) is 11.5 Å². The van der Waals surface area contributed by atoms with Crippen molar-refractivity contribution in [1.82, 2.24) is 15.5 Å². The number of benzene rings is 1. The van der Waals surface area contributed by atoms with E-state index < -0.39 is 0 Å². The first-order chi connectivity index (χ1) is 10.8. The fourth-order valence-electron chi connectivity index (χ4n) is 2.31. The number of rotatable bonds is 7. The second kappa shape index (κ2) is 7.06. The lowest BCUT2D eigenvalue weighted by Gasteiger charge is -2.23. The average molecular weight is 300 g/mol. The van der Waals surface area contributed by atoms with Gasteiger partial charge < -0.3 is 15.2 Å². The number of hydrogen-bond acceptors (Lipinski definition) is 5. The molecule has 2 aromatic rings. The van der Waals surface area contributed by atoms with Crippen molar-refractivity contribution >= 4 is 11.9 Å². The molecule has 0 atom stereocenters. The summed E-state index contributed by atoms with van der Waals surface area (Å²) in [6.45, 7) is 1.37. The summed E-state index contributed by atoms with van der Waals surface area (Å²) in [5, 5.41) is 9.95. The van der Waals surface area contributed by atoms with E-state index in [1.165, 1.54) is 6.42 Å². The van der Waals surface area contributed by atoms with Crippen molar-refractivity contribution in [2.75, 3.05) is 18.4 Å². The van der Waals surface area contributed by atoms with Crippen molar-refractivity contribution in [3.63, 3.8) is 0 Å². The third-order valence-electron chi connectivity index (χ3n) is 3.86.